The summed E-state index contributed by atoms with van der Waals surface area (Å²) in [6.07, 6.45) is -0.386. The van der Waals surface area contributed by atoms with E-state index in [1.165, 1.54) is 0 Å². The van der Waals surface area contributed by atoms with Crippen LogP contribution in [0.3, 0.4) is 0 Å². The van der Waals surface area contributed by atoms with Gasteiger partial charge in [0.05, 0.1) is 6.10 Å². The number of anilines is 1. The van der Waals surface area contributed by atoms with Crippen molar-refractivity contribution in [1.82, 2.24) is 9.97 Å². The van der Waals surface area contributed by atoms with Crippen LogP contribution < -0.4 is 5.32 Å². The van der Waals surface area contributed by atoms with Gasteiger partial charge in [-0.3, -0.25) is 0 Å². The molecular formula is C10H17N3OS. The lowest BCUT2D eigenvalue weighted by atomic mass is 10.2. The first-order chi connectivity index (χ1) is 6.99. The molecule has 0 aromatic carbocycles. The van der Waals surface area contributed by atoms with Gasteiger partial charge in [0.25, 0.3) is 0 Å². The SMILES string of the molecule is CC(O)CNc1cc(=S)nc(C(C)C)[nH]1. The van der Waals surface area contributed by atoms with Crippen molar-refractivity contribution in [1.29, 1.82) is 0 Å². The molecule has 5 heteroatoms. The molecule has 0 bridgehead atoms. The highest BCUT2D eigenvalue weighted by molar-refractivity contribution is 7.71. The van der Waals surface area contributed by atoms with E-state index < -0.39 is 0 Å². The summed E-state index contributed by atoms with van der Waals surface area (Å²) in [5, 5.41) is 12.2. The van der Waals surface area contributed by atoms with Crippen molar-refractivity contribution in [3.05, 3.63) is 16.5 Å². The highest BCUT2D eigenvalue weighted by Gasteiger charge is 2.03. The van der Waals surface area contributed by atoms with E-state index in [-0.39, 0.29) is 6.10 Å². The minimum absolute atomic E-state index is 0.306. The molecule has 0 aliphatic rings. The van der Waals surface area contributed by atoms with Gasteiger partial charge in [-0.25, -0.2) is 4.98 Å². The molecule has 0 saturated carbocycles. The fraction of sp³-hybridized carbons (Fsp3) is 0.600. The quantitative estimate of drug-likeness (QED) is 0.689. The van der Waals surface area contributed by atoms with Gasteiger partial charge in [-0.1, -0.05) is 26.1 Å². The molecular weight excluding hydrogens is 210 g/mol. The number of hydrogen-bond donors (Lipinski definition) is 3. The Bertz CT molecular complexity index is 373. The molecule has 15 heavy (non-hydrogen) atoms. The number of nitrogens with zero attached hydrogens (tertiary/aromatic N) is 1. The Kier molecular flexibility index (Phi) is 4.23. The first-order valence-electron chi connectivity index (χ1n) is 5.02. The molecule has 3 N–H and O–H groups in total. The predicted octanol–water partition coefficient (Wildman–Crippen LogP) is 2.06. The minimum atomic E-state index is -0.386. The Hall–Kier alpha value is -0.940. The molecule has 1 heterocycles. The third-order valence-electron chi connectivity index (χ3n) is 1.90. The van der Waals surface area contributed by atoms with Crippen LogP contribution in [0, 0.1) is 4.64 Å². The molecule has 4 nitrogen and oxygen atoms in total. The van der Waals surface area contributed by atoms with E-state index >= 15 is 0 Å². The summed E-state index contributed by atoms with van der Waals surface area (Å²) in [5.41, 5.74) is 0. The van der Waals surface area contributed by atoms with Gasteiger partial charge in [0, 0.05) is 18.5 Å². The third-order valence-corrected chi connectivity index (χ3v) is 2.11. The number of aliphatic hydroxyl groups is 1. The maximum Gasteiger partial charge on any atom is 0.131 e. The average Bonchev–Trinajstić information content (AvgIpc) is 2.13. The molecule has 0 aliphatic heterocycles. The molecule has 0 fully saturated rings. The van der Waals surface area contributed by atoms with E-state index in [1.807, 2.05) is 13.8 Å². The lowest BCUT2D eigenvalue weighted by Crippen LogP contribution is -2.16. The molecule has 0 spiro atoms. The van der Waals surface area contributed by atoms with E-state index in [1.54, 1.807) is 13.0 Å². The summed E-state index contributed by atoms with van der Waals surface area (Å²) in [6.45, 7) is 6.32. The van der Waals surface area contributed by atoms with Gasteiger partial charge in [-0.15, -0.1) is 0 Å². The summed E-state index contributed by atoms with van der Waals surface area (Å²) in [6, 6.07) is 1.75. The maximum atomic E-state index is 9.14. The molecule has 1 atom stereocenters. The zero-order valence-corrected chi connectivity index (χ0v) is 10.1. The van der Waals surface area contributed by atoms with Crippen molar-refractivity contribution < 1.29 is 5.11 Å². The lowest BCUT2D eigenvalue weighted by molar-refractivity contribution is 0.208. The number of aliphatic hydroxyl groups excluding tert-OH is 1. The van der Waals surface area contributed by atoms with E-state index in [0.29, 0.717) is 17.1 Å². The molecule has 1 unspecified atom stereocenters. The van der Waals surface area contributed by atoms with Gasteiger partial charge in [0.1, 0.15) is 16.3 Å². The second-order valence-corrected chi connectivity index (χ2v) is 4.32. The first-order valence-corrected chi connectivity index (χ1v) is 5.43. The summed E-state index contributed by atoms with van der Waals surface area (Å²) in [4.78, 5) is 7.36. The molecule has 84 valence electrons. The third kappa shape index (κ3) is 3.97. The number of rotatable bonds is 4. The molecule has 1 aromatic heterocycles. The Morgan fingerprint density at radius 2 is 2.20 bits per heavy atom. The monoisotopic (exact) mass is 227 g/mol. The second kappa shape index (κ2) is 5.23. The fourth-order valence-corrected chi connectivity index (χ4v) is 1.32. The largest absolute Gasteiger partial charge is 0.392 e. The lowest BCUT2D eigenvalue weighted by Gasteiger charge is -2.11. The number of aromatic nitrogens is 2. The van der Waals surface area contributed by atoms with Gasteiger partial charge < -0.3 is 15.4 Å². The van der Waals surface area contributed by atoms with Gasteiger partial charge in [-0.2, -0.15) is 0 Å². The standard InChI is InChI=1S/C10H17N3OS/c1-6(2)10-12-8(4-9(15)13-10)11-5-7(3)14/h4,6-7,14H,5H2,1-3H3,(H2,11,12,13,15). The maximum absolute atomic E-state index is 9.14. The van der Waals surface area contributed by atoms with Crippen LogP contribution in [0.5, 0.6) is 0 Å². The smallest absolute Gasteiger partial charge is 0.131 e. The highest BCUT2D eigenvalue weighted by Crippen LogP contribution is 2.11. The van der Waals surface area contributed by atoms with Crippen LogP contribution in [0.2, 0.25) is 0 Å². The zero-order chi connectivity index (χ0) is 11.4. The van der Waals surface area contributed by atoms with Crippen molar-refractivity contribution in [3.63, 3.8) is 0 Å². The summed E-state index contributed by atoms with van der Waals surface area (Å²) >= 11 is 5.05. The van der Waals surface area contributed by atoms with Crippen LogP contribution >= 0.6 is 12.2 Å². The topological polar surface area (TPSA) is 60.9 Å². The van der Waals surface area contributed by atoms with Crippen molar-refractivity contribution in [3.8, 4) is 0 Å². The number of aromatic amines is 1. The number of hydrogen-bond acceptors (Lipinski definition) is 4. The van der Waals surface area contributed by atoms with Crippen LogP contribution in [0.4, 0.5) is 5.82 Å². The first kappa shape index (κ1) is 12.1. The minimum Gasteiger partial charge on any atom is -0.392 e. The molecule has 0 aliphatic carbocycles. The van der Waals surface area contributed by atoms with Gasteiger partial charge in [0.15, 0.2) is 0 Å². The summed E-state index contributed by atoms with van der Waals surface area (Å²) in [5.74, 6) is 1.97. The van der Waals surface area contributed by atoms with Crippen LogP contribution in [-0.2, 0) is 0 Å². The molecule has 1 aromatic rings. The number of nitrogens with one attached hydrogen (secondary N) is 2. The summed E-state index contributed by atoms with van der Waals surface area (Å²) in [7, 11) is 0. The van der Waals surface area contributed by atoms with Gasteiger partial charge in [0.2, 0.25) is 0 Å². The normalized spacial score (nSPS) is 12.9. The molecule has 0 saturated heterocycles. The Balaban J connectivity index is 2.84. The van der Waals surface area contributed by atoms with Gasteiger partial charge >= 0.3 is 0 Å². The summed E-state index contributed by atoms with van der Waals surface area (Å²) < 4.78 is 0.561. The molecule has 0 radical (unpaired) electrons. The van der Waals surface area contributed by atoms with Crippen molar-refractivity contribution in [2.45, 2.75) is 32.8 Å². The van der Waals surface area contributed by atoms with E-state index in [9.17, 15) is 0 Å². The second-order valence-electron chi connectivity index (χ2n) is 3.90. The van der Waals surface area contributed by atoms with E-state index in [0.717, 1.165) is 11.6 Å². The van der Waals surface area contributed by atoms with Crippen molar-refractivity contribution in [2.24, 2.45) is 0 Å². The average molecular weight is 227 g/mol. The Morgan fingerprint density at radius 1 is 1.53 bits per heavy atom. The highest BCUT2D eigenvalue weighted by atomic mass is 32.1. The predicted molar refractivity (Wildman–Crippen MR) is 63.7 cm³/mol. The van der Waals surface area contributed by atoms with Crippen LogP contribution in [0.15, 0.2) is 6.07 Å². The van der Waals surface area contributed by atoms with Crippen LogP contribution in [0.25, 0.3) is 0 Å². The van der Waals surface area contributed by atoms with E-state index in [2.05, 4.69) is 15.3 Å². The van der Waals surface area contributed by atoms with Gasteiger partial charge in [-0.05, 0) is 6.92 Å². The van der Waals surface area contributed by atoms with Crippen LogP contribution in [-0.4, -0.2) is 27.7 Å². The van der Waals surface area contributed by atoms with Crippen LogP contribution in [0.1, 0.15) is 32.5 Å². The van der Waals surface area contributed by atoms with Crippen molar-refractivity contribution >= 4 is 18.0 Å². The zero-order valence-electron chi connectivity index (χ0n) is 9.24. The number of H-pyrrole nitrogens is 1. The molecule has 0 amide bonds. The molecule has 1 rings (SSSR count). The van der Waals surface area contributed by atoms with Crippen molar-refractivity contribution in [2.75, 3.05) is 11.9 Å². The van der Waals surface area contributed by atoms with E-state index in [4.69, 9.17) is 17.3 Å². The fourth-order valence-electron chi connectivity index (χ4n) is 1.10. The Morgan fingerprint density at radius 3 is 2.73 bits per heavy atom. The Labute approximate surface area is 94.8 Å².